The molecule has 1 aromatic rings. The van der Waals surface area contributed by atoms with Crippen molar-refractivity contribution in [3.05, 3.63) is 29.6 Å². The summed E-state index contributed by atoms with van der Waals surface area (Å²) in [6, 6.07) is 0.826. The number of carbonyl (C=O) groups is 1. The van der Waals surface area contributed by atoms with Crippen LogP contribution in [0, 0.1) is 23.4 Å². The average Bonchev–Trinajstić information content (AvgIpc) is 2.44. The van der Waals surface area contributed by atoms with E-state index in [1.165, 1.54) is 0 Å². The van der Waals surface area contributed by atoms with Crippen molar-refractivity contribution in [2.75, 3.05) is 11.9 Å². The first-order valence-electron chi connectivity index (χ1n) is 7.03. The molecule has 4 nitrogen and oxygen atoms in total. The van der Waals surface area contributed by atoms with Gasteiger partial charge in [0.2, 0.25) is 0 Å². The van der Waals surface area contributed by atoms with Crippen LogP contribution in [0.3, 0.4) is 0 Å². The van der Waals surface area contributed by atoms with E-state index in [9.17, 15) is 23.1 Å². The lowest BCUT2D eigenvalue weighted by Gasteiger charge is -2.24. The number of aliphatic hydroxyl groups is 1. The van der Waals surface area contributed by atoms with Crippen LogP contribution < -0.4 is 10.6 Å². The summed E-state index contributed by atoms with van der Waals surface area (Å²) in [5.74, 6) is -4.04. The molecule has 0 saturated carbocycles. The van der Waals surface area contributed by atoms with Gasteiger partial charge in [-0.05, 0) is 37.8 Å². The number of halogens is 3. The van der Waals surface area contributed by atoms with Gasteiger partial charge in [0.15, 0.2) is 17.5 Å². The smallest absolute Gasteiger partial charge is 0.319 e. The number of hydrogen-bond donors (Lipinski definition) is 3. The molecule has 0 fully saturated rings. The van der Waals surface area contributed by atoms with Crippen LogP contribution in [0.2, 0.25) is 0 Å². The molecule has 1 unspecified atom stereocenters. The van der Waals surface area contributed by atoms with Crippen LogP contribution in [0.15, 0.2) is 12.1 Å². The summed E-state index contributed by atoms with van der Waals surface area (Å²) in [5.41, 5.74) is -1.58. The Morgan fingerprint density at radius 1 is 1.27 bits per heavy atom. The van der Waals surface area contributed by atoms with E-state index in [-0.39, 0.29) is 6.54 Å². The first kappa shape index (κ1) is 18.3. The van der Waals surface area contributed by atoms with E-state index in [1.54, 1.807) is 6.92 Å². The summed E-state index contributed by atoms with van der Waals surface area (Å²) < 4.78 is 39.2. The Bertz CT molecular complexity index is 534. The van der Waals surface area contributed by atoms with Crippen LogP contribution in [0.1, 0.15) is 33.6 Å². The van der Waals surface area contributed by atoms with E-state index in [2.05, 4.69) is 10.6 Å². The van der Waals surface area contributed by atoms with Crippen molar-refractivity contribution in [1.82, 2.24) is 5.32 Å². The Kier molecular flexibility index (Phi) is 6.22. The van der Waals surface area contributed by atoms with Crippen LogP contribution in [0.4, 0.5) is 23.7 Å². The zero-order chi connectivity index (χ0) is 16.9. The Morgan fingerprint density at radius 3 is 2.50 bits per heavy atom. The lowest BCUT2D eigenvalue weighted by Crippen LogP contribution is -2.42. The number of hydrogen-bond acceptors (Lipinski definition) is 2. The molecular weight excluding hydrogens is 297 g/mol. The number of nitrogens with one attached hydrogen (secondary N) is 2. The highest BCUT2D eigenvalue weighted by molar-refractivity contribution is 5.89. The first-order chi connectivity index (χ1) is 10.1. The Hall–Kier alpha value is -1.76. The SMILES string of the molecule is CC(C)CCC(C)(O)CNC(=O)Nc1ccc(F)c(F)c1F. The summed E-state index contributed by atoms with van der Waals surface area (Å²) in [6.07, 6.45) is 1.28. The molecule has 0 aliphatic heterocycles. The normalized spacial score (nSPS) is 13.8. The molecule has 1 aromatic carbocycles. The second-order valence-corrected chi connectivity index (χ2v) is 5.96. The highest BCUT2D eigenvalue weighted by Gasteiger charge is 2.22. The van der Waals surface area contributed by atoms with Crippen molar-refractivity contribution in [3.8, 4) is 0 Å². The van der Waals surface area contributed by atoms with Gasteiger partial charge in [0.1, 0.15) is 0 Å². The molecule has 124 valence electrons. The zero-order valence-corrected chi connectivity index (χ0v) is 12.8. The molecule has 1 atom stereocenters. The number of urea groups is 1. The van der Waals surface area contributed by atoms with Gasteiger partial charge < -0.3 is 15.7 Å². The van der Waals surface area contributed by atoms with Gasteiger partial charge in [-0.25, -0.2) is 18.0 Å². The number of carbonyl (C=O) groups excluding carboxylic acids is 1. The molecular formula is C15H21F3N2O2. The minimum Gasteiger partial charge on any atom is -0.388 e. The van der Waals surface area contributed by atoms with E-state index >= 15 is 0 Å². The molecule has 0 aromatic heterocycles. The molecule has 0 bridgehead atoms. The second-order valence-electron chi connectivity index (χ2n) is 5.96. The predicted octanol–water partition coefficient (Wildman–Crippen LogP) is 3.41. The van der Waals surface area contributed by atoms with Crippen LogP contribution in [0.25, 0.3) is 0 Å². The van der Waals surface area contributed by atoms with Crippen LogP contribution >= 0.6 is 0 Å². The molecule has 2 amide bonds. The fourth-order valence-corrected chi connectivity index (χ4v) is 1.75. The Labute approximate surface area is 127 Å². The van der Waals surface area contributed by atoms with Crippen molar-refractivity contribution in [2.45, 2.75) is 39.2 Å². The number of anilines is 1. The molecule has 0 radical (unpaired) electrons. The van der Waals surface area contributed by atoms with Crippen LogP contribution in [-0.2, 0) is 0 Å². The second kappa shape index (κ2) is 7.49. The van der Waals surface area contributed by atoms with Crippen molar-refractivity contribution in [1.29, 1.82) is 0 Å². The van der Waals surface area contributed by atoms with Crippen LogP contribution in [0.5, 0.6) is 0 Å². The van der Waals surface area contributed by atoms with Gasteiger partial charge in [0.05, 0.1) is 11.3 Å². The lowest BCUT2D eigenvalue weighted by atomic mass is 9.95. The first-order valence-corrected chi connectivity index (χ1v) is 7.03. The van der Waals surface area contributed by atoms with Crippen LogP contribution in [-0.4, -0.2) is 23.3 Å². The van der Waals surface area contributed by atoms with Gasteiger partial charge in [-0.3, -0.25) is 0 Å². The fourth-order valence-electron chi connectivity index (χ4n) is 1.75. The van der Waals surface area contributed by atoms with Crippen molar-refractivity contribution >= 4 is 11.7 Å². The van der Waals surface area contributed by atoms with E-state index < -0.39 is 34.8 Å². The summed E-state index contributed by atoms with van der Waals surface area (Å²) in [7, 11) is 0. The third-order valence-corrected chi connectivity index (χ3v) is 3.17. The molecule has 3 N–H and O–H groups in total. The lowest BCUT2D eigenvalue weighted by molar-refractivity contribution is 0.0481. The standard InChI is InChI=1S/C15H21F3N2O2/c1-9(2)6-7-15(3,22)8-19-14(21)20-11-5-4-10(16)12(17)13(11)18/h4-5,9,22H,6-8H2,1-3H3,(H2,19,20,21). The molecule has 0 spiro atoms. The van der Waals surface area contributed by atoms with E-state index in [0.717, 1.165) is 12.5 Å². The molecule has 7 heteroatoms. The maximum Gasteiger partial charge on any atom is 0.319 e. The van der Waals surface area contributed by atoms with Crippen molar-refractivity contribution in [3.63, 3.8) is 0 Å². The number of amides is 2. The summed E-state index contributed by atoms with van der Waals surface area (Å²) in [5, 5.41) is 14.5. The third kappa shape index (κ3) is 5.55. The van der Waals surface area contributed by atoms with Gasteiger partial charge in [-0.15, -0.1) is 0 Å². The van der Waals surface area contributed by atoms with Gasteiger partial charge in [0, 0.05) is 6.54 Å². The molecule has 0 saturated heterocycles. The maximum atomic E-state index is 13.4. The summed E-state index contributed by atoms with van der Waals surface area (Å²) in [6.45, 7) is 5.56. The molecule has 1 rings (SSSR count). The number of rotatable bonds is 6. The Balaban J connectivity index is 2.55. The van der Waals surface area contributed by atoms with Crippen molar-refractivity contribution < 1.29 is 23.1 Å². The quantitative estimate of drug-likeness (QED) is 0.704. The average molecular weight is 318 g/mol. The number of benzene rings is 1. The maximum absolute atomic E-state index is 13.4. The predicted molar refractivity (Wildman–Crippen MR) is 78.0 cm³/mol. The van der Waals surface area contributed by atoms with E-state index in [1.807, 2.05) is 13.8 Å². The third-order valence-electron chi connectivity index (χ3n) is 3.17. The van der Waals surface area contributed by atoms with Crippen molar-refractivity contribution in [2.24, 2.45) is 5.92 Å². The zero-order valence-electron chi connectivity index (χ0n) is 12.8. The summed E-state index contributed by atoms with van der Waals surface area (Å²) in [4.78, 5) is 11.6. The highest BCUT2D eigenvalue weighted by atomic mass is 19.2. The van der Waals surface area contributed by atoms with E-state index in [0.29, 0.717) is 18.4 Å². The molecule has 22 heavy (non-hydrogen) atoms. The molecule has 0 heterocycles. The summed E-state index contributed by atoms with van der Waals surface area (Å²) >= 11 is 0. The van der Waals surface area contributed by atoms with Gasteiger partial charge in [0.25, 0.3) is 0 Å². The topological polar surface area (TPSA) is 61.4 Å². The minimum absolute atomic E-state index is 0.0448. The van der Waals surface area contributed by atoms with Gasteiger partial charge in [-0.2, -0.15) is 0 Å². The molecule has 0 aliphatic carbocycles. The largest absolute Gasteiger partial charge is 0.388 e. The van der Waals surface area contributed by atoms with Gasteiger partial charge in [-0.1, -0.05) is 13.8 Å². The Morgan fingerprint density at radius 2 is 1.91 bits per heavy atom. The fraction of sp³-hybridized carbons (Fsp3) is 0.533. The van der Waals surface area contributed by atoms with Gasteiger partial charge >= 0.3 is 6.03 Å². The monoisotopic (exact) mass is 318 g/mol. The van der Waals surface area contributed by atoms with E-state index in [4.69, 9.17) is 0 Å². The molecule has 0 aliphatic rings. The highest BCUT2D eigenvalue weighted by Crippen LogP contribution is 2.19. The minimum atomic E-state index is -1.65.